The second kappa shape index (κ2) is 13.2. The lowest BCUT2D eigenvalue weighted by Crippen LogP contribution is -2.23. The molecule has 1 atom stereocenters. The summed E-state index contributed by atoms with van der Waals surface area (Å²) in [5.41, 5.74) is 5.43. The number of halogens is 1. The van der Waals surface area contributed by atoms with Crippen molar-refractivity contribution in [3.8, 4) is 28.4 Å². The van der Waals surface area contributed by atoms with Crippen molar-refractivity contribution in [1.82, 2.24) is 10.2 Å². The van der Waals surface area contributed by atoms with E-state index >= 15 is 0 Å². The van der Waals surface area contributed by atoms with Crippen LogP contribution in [0.3, 0.4) is 0 Å². The van der Waals surface area contributed by atoms with Crippen molar-refractivity contribution >= 4 is 28.2 Å². The quantitative estimate of drug-likeness (QED) is 0.216. The molecule has 40 heavy (non-hydrogen) atoms. The fourth-order valence-corrected chi connectivity index (χ4v) is 5.14. The summed E-state index contributed by atoms with van der Waals surface area (Å²) in [6, 6.07) is 15.8. The molecule has 0 amide bonds. The second-order valence-electron chi connectivity index (χ2n) is 9.58. The Morgan fingerprint density at radius 3 is 2.60 bits per heavy atom. The van der Waals surface area contributed by atoms with Crippen LogP contribution in [-0.2, 0) is 22.4 Å². The Bertz CT molecular complexity index is 1460. The SMILES string of the molecule is COc1ccc(CNc2cnnc3cc(-c4cc(Cl)c(CCOC5CCCCO5)cc4OC)ccc23)c(OC)c1. The molecule has 0 bridgehead atoms. The van der Waals surface area contributed by atoms with Gasteiger partial charge in [0, 0.05) is 40.8 Å². The molecular weight excluding hydrogens is 530 g/mol. The van der Waals surface area contributed by atoms with Crippen molar-refractivity contribution in [2.45, 2.75) is 38.5 Å². The van der Waals surface area contributed by atoms with E-state index in [2.05, 4.69) is 15.5 Å². The van der Waals surface area contributed by atoms with Gasteiger partial charge >= 0.3 is 0 Å². The van der Waals surface area contributed by atoms with E-state index in [0.29, 0.717) is 24.6 Å². The van der Waals surface area contributed by atoms with Crippen LogP contribution in [-0.4, -0.2) is 51.0 Å². The van der Waals surface area contributed by atoms with Gasteiger partial charge in [-0.2, -0.15) is 10.2 Å². The number of methoxy groups -OCH3 is 3. The summed E-state index contributed by atoms with van der Waals surface area (Å²) in [4.78, 5) is 0. The maximum atomic E-state index is 6.72. The lowest BCUT2D eigenvalue weighted by atomic mass is 9.99. The maximum absolute atomic E-state index is 6.72. The number of hydrogen-bond acceptors (Lipinski definition) is 8. The highest BCUT2D eigenvalue weighted by atomic mass is 35.5. The first-order chi connectivity index (χ1) is 19.6. The monoisotopic (exact) mass is 563 g/mol. The van der Waals surface area contributed by atoms with Crippen LogP contribution < -0.4 is 19.5 Å². The molecular formula is C31H34ClN3O5. The number of rotatable bonds is 11. The fraction of sp³-hybridized carbons (Fsp3) is 0.355. The van der Waals surface area contributed by atoms with Crippen molar-refractivity contribution in [3.05, 3.63) is 70.9 Å². The predicted octanol–water partition coefficient (Wildman–Crippen LogP) is 6.67. The van der Waals surface area contributed by atoms with Crippen LogP contribution in [0.1, 0.15) is 30.4 Å². The number of nitrogens with zero attached hydrogens (tertiary/aromatic N) is 2. The summed E-state index contributed by atoms with van der Waals surface area (Å²) in [5.74, 6) is 2.23. The molecule has 3 aromatic carbocycles. The molecule has 1 N–H and O–H groups in total. The predicted molar refractivity (Wildman–Crippen MR) is 157 cm³/mol. The molecule has 1 aromatic heterocycles. The fourth-order valence-electron chi connectivity index (χ4n) is 4.88. The van der Waals surface area contributed by atoms with Crippen LogP contribution in [0.15, 0.2) is 54.7 Å². The van der Waals surface area contributed by atoms with Crippen LogP contribution in [0.4, 0.5) is 5.69 Å². The zero-order valence-electron chi connectivity index (χ0n) is 23.0. The Labute approximate surface area is 239 Å². The topological polar surface area (TPSA) is 84.0 Å². The molecule has 9 heteroatoms. The van der Waals surface area contributed by atoms with Crippen molar-refractivity contribution in [3.63, 3.8) is 0 Å². The van der Waals surface area contributed by atoms with E-state index in [4.69, 9.17) is 35.3 Å². The first kappa shape index (κ1) is 28.0. The Balaban J connectivity index is 1.33. The number of fused-ring (bicyclic) bond motifs is 1. The highest BCUT2D eigenvalue weighted by molar-refractivity contribution is 6.31. The third kappa shape index (κ3) is 6.41. The smallest absolute Gasteiger partial charge is 0.157 e. The third-order valence-electron chi connectivity index (χ3n) is 7.10. The number of ether oxygens (including phenoxy) is 5. The van der Waals surface area contributed by atoms with E-state index < -0.39 is 0 Å². The Kier molecular flexibility index (Phi) is 9.21. The number of nitrogens with one attached hydrogen (secondary N) is 1. The van der Waals surface area contributed by atoms with Gasteiger partial charge in [-0.25, -0.2) is 0 Å². The summed E-state index contributed by atoms with van der Waals surface area (Å²) >= 11 is 6.72. The average Bonchev–Trinajstić information content (AvgIpc) is 3.00. The van der Waals surface area contributed by atoms with E-state index in [9.17, 15) is 0 Å². The van der Waals surface area contributed by atoms with Crippen molar-refractivity contribution < 1.29 is 23.7 Å². The van der Waals surface area contributed by atoms with Gasteiger partial charge in [0.2, 0.25) is 0 Å². The number of anilines is 1. The van der Waals surface area contributed by atoms with E-state index in [1.54, 1.807) is 27.5 Å². The van der Waals surface area contributed by atoms with Gasteiger partial charge in [-0.1, -0.05) is 17.7 Å². The van der Waals surface area contributed by atoms with E-state index in [0.717, 1.165) is 82.0 Å². The van der Waals surface area contributed by atoms with Gasteiger partial charge < -0.3 is 29.0 Å². The molecule has 8 nitrogen and oxygen atoms in total. The van der Waals surface area contributed by atoms with E-state index in [-0.39, 0.29) is 6.29 Å². The molecule has 0 aliphatic carbocycles. The molecule has 1 aliphatic heterocycles. The molecule has 5 rings (SSSR count). The van der Waals surface area contributed by atoms with E-state index in [1.807, 2.05) is 48.5 Å². The third-order valence-corrected chi connectivity index (χ3v) is 7.45. The summed E-state index contributed by atoms with van der Waals surface area (Å²) in [6.07, 6.45) is 5.45. The van der Waals surface area contributed by atoms with Gasteiger partial charge in [0.05, 0.1) is 45.3 Å². The minimum absolute atomic E-state index is 0.120. The lowest BCUT2D eigenvalue weighted by molar-refractivity contribution is -0.161. The second-order valence-corrected chi connectivity index (χ2v) is 9.99. The first-order valence-electron chi connectivity index (χ1n) is 13.4. The minimum Gasteiger partial charge on any atom is -0.497 e. The molecule has 1 fully saturated rings. The average molecular weight is 564 g/mol. The minimum atomic E-state index is -0.120. The molecule has 1 saturated heterocycles. The maximum Gasteiger partial charge on any atom is 0.157 e. The summed E-state index contributed by atoms with van der Waals surface area (Å²) in [6.45, 7) is 1.85. The van der Waals surface area contributed by atoms with Crippen molar-refractivity contribution in [2.24, 2.45) is 0 Å². The van der Waals surface area contributed by atoms with Crippen molar-refractivity contribution in [1.29, 1.82) is 0 Å². The molecule has 210 valence electrons. The van der Waals surface area contributed by atoms with Gasteiger partial charge in [-0.05, 0) is 73.2 Å². The zero-order valence-corrected chi connectivity index (χ0v) is 23.8. The highest BCUT2D eigenvalue weighted by Crippen LogP contribution is 2.37. The normalized spacial score (nSPS) is 15.2. The standard InChI is InChI=1S/C31H34ClN3O5/c1-36-23-9-7-22(29(16-23)37-2)18-33-28-19-34-35-27-14-20(8-10-24(27)28)25-17-26(32)21(15-30(25)38-3)11-13-40-31-6-4-5-12-39-31/h7-10,14-17,19,31H,4-6,11-13,18H2,1-3H3,(H,33,35). The van der Waals surface area contributed by atoms with Crippen molar-refractivity contribution in [2.75, 3.05) is 39.9 Å². The Morgan fingerprint density at radius 2 is 1.82 bits per heavy atom. The number of aromatic nitrogens is 2. The van der Waals surface area contributed by atoms with Gasteiger partial charge in [-0.15, -0.1) is 0 Å². The van der Waals surface area contributed by atoms with Gasteiger partial charge in [-0.3, -0.25) is 0 Å². The van der Waals surface area contributed by atoms with Gasteiger partial charge in [0.1, 0.15) is 17.2 Å². The van der Waals surface area contributed by atoms with E-state index in [1.165, 1.54) is 0 Å². The molecule has 0 spiro atoms. The number of benzene rings is 3. The zero-order chi connectivity index (χ0) is 27.9. The van der Waals surface area contributed by atoms with Gasteiger partial charge in [0.25, 0.3) is 0 Å². The first-order valence-corrected chi connectivity index (χ1v) is 13.8. The summed E-state index contributed by atoms with van der Waals surface area (Å²) in [7, 11) is 4.95. The molecule has 0 saturated carbocycles. The largest absolute Gasteiger partial charge is 0.497 e. The Hall–Kier alpha value is -3.59. The molecule has 4 aromatic rings. The molecule has 1 unspecified atom stereocenters. The highest BCUT2D eigenvalue weighted by Gasteiger charge is 2.16. The molecule has 0 radical (unpaired) electrons. The van der Waals surface area contributed by atoms with Crippen LogP contribution in [0.2, 0.25) is 5.02 Å². The molecule has 1 aliphatic rings. The van der Waals surface area contributed by atoms with Crippen LogP contribution >= 0.6 is 11.6 Å². The van der Waals surface area contributed by atoms with Crippen LogP contribution in [0, 0.1) is 0 Å². The number of hydrogen-bond donors (Lipinski definition) is 1. The Morgan fingerprint density at radius 1 is 0.950 bits per heavy atom. The van der Waals surface area contributed by atoms with Gasteiger partial charge in [0.15, 0.2) is 6.29 Å². The summed E-state index contributed by atoms with van der Waals surface area (Å²) in [5, 5.41) is 13.7. The van der Waals surface area contributed by atoms with Crippen LogP contribution in [0.25, 0.3) is 22.0 Å². The lowest BCUT2D eigenvalue weighted by Gasteiger charge is -2.22. The van der Waals surface area contributed by atoms with Crippen LogP contribution in [0.5, 0.6) is 17.2 Å². The summed E-state index contributed by atoms with van der Waals surface area (Å²) < 4.78 is 28.2. The molecule has 2 heterocycles.